The van der Waals surface area contributed by atoms with Gasteiger partial charge in [0.1, 0.15) is 19.3 Å². The molecule has 0 aromatic rings. The monoisotopic (exact) mass is 1430 g/mol. The van der Waals surface area contributed by atoms with Crippen LogP contribution in [0.1, 0.15) is 394 Å². The minimum Gasteiger partial charge on any atom is -0.462 e. The van der Waals surface area contributed by atoms with Gasteiger partial charge in [-0.2, -0.15) is 0 Å². The molecule has 578 valence electrons. The average molecular weight is 1430 g/mol. The van der Waals surface area contributed by atoms with Crippen LogP contribution >= 0.6 is 15.6 Å². The van der Waals surface area contributed by atoms with E-state index in [2.05, 4.69) is 58.9 Å². The minimum absolute atomic E-state index is 0.102. The number of carbonyl (C=O) groups is 4. The first kappa shape index (κ1) is 95.5. The van der Waals surface area contributed by atoms with Gasteiger partial charge in [0, 0.05) is 25.7 Å². The van der Waals surface area contributed by atoms with E-state index < -0.39 is 97.5 Å². The Balaban J connectivity index is 5.23. The molecule has 0 aliphatic heterocycles. The quantitative estimate of drug-likeness (QED) is 0.0169. The topological polar surface area (TPSA) is 237 Å². The highest BCUT2D eigenvalue weighted by Crippen LogP contribution is 2.45. The van der Waals surface area contributed by atoms with E-state index in [-0.39, 0.29) is 25.7 Å². The molecule has 0 saturated carbocycles. The largest absolute Gasteiger partial charge is 0.472 e. The Hall–Kier alpha value is -2.46. The number of rotatable bonds is 77. The molecule has 0 spiro atoms. The van der Waals surface area contributed by atoms with Crippen LogP contribution in [0.5, 0.6) is 0 Å². The standard InChI is InChI=1S/C79H150O17P2/c1-6-9-12-15-18-21-24-27-29-30-31-32-33-34-36-39-42-45-48-55-60-65-78(83)95-74(68-89-76(81)62-57-52-46-43-40-38-35-28-25-22-19-16-13-10-7-2)70-93-97(85,86)91-66-73(80)67-92-98(87,88)94-71-75(69-90-77(82)63-58-53-50-49-51-56-61-72(4)5)96-79(84)64-59-54-47-44-41-37-26-23-20-17-14-11-8-3/h22,25,28,35,72-75,80H,6-21,23-24,26-27,29-34,36-71H2,1-5H3,(H,85,86)(H,87,88)/b25-22-,35-28-/t73-,74-,75-/m1/s1. The highest BCUT2D eigenvalue weighted by molar-refractivity contribution is 7.47. The van der Waals surface area contributed by atoms with Crippen LogP contribution in [0, 0.1) is 5.92 Å². The number of carbonyl (C=O) groups excluding carboxylic acids is 4. The van der Waals surface area contributed by atoms with Gasteiger partial charge in [0.05, 0.1) is 26.4 Å². The van der Waals surface area contributed by atoms with Gasteiger partial charge >= 0.3 is 39.5 Å². The highest BCUT2D eigenvalue weighted by Gasteiger charge is 2.30. The van der Waals surface area contributed by atoms with Crippen LogP contribution in [0.4, 0.5) is 0 Å². The highest BCUT2D eigenvalue weighted by atomic mass is 31.2. The van der Waals surface area contributed by atoms with Gasteiger partial charge in [0.15, 0.2) is 12.2 Å². The van der Waals surface area contributed by atoms with Crippen molar-refractivity contribution in [2.45, 2.75) is 412 Å². The number of allylic oxidation sites excluding steroid dienone is 4. The Morgan fingerprint density at radius 3 is 0.837 bits per heavy atom. The lowest BCUT2D eigenvalue weighted by Gasteiger charge is -2.21. The van der Waals surface area contributed by atoms with Crippen molar-refractivity contribution < 1.29 is 80.2 Å². The molecule has 2 unspecified atom stereocenters. The third-order valence-corrected chi connectivity index (χ3v) is 19.8. The van der Waals surface area contributed by atoms with Crippen molar-refractivity contribution in [2.24, 2.45) is 5.92 Å². The molecule has 0 bridgehead atoms. The van der Waals surface area contributed by atoms with Crippen LogP contribution in [0.15, 0.2) is 24.3 Å². The fourth-order valence-electron chi connectivity index (χ4n) is 11.7. The van der Waals surface area contributed by atoms with Crippen molar-refractivity contribution >= 4 is 39.5 Å². The summed E-state index contributed by atoms with van der Waals surface area (Å²) in [7, 11) is -9.92. The summed E-state index contributed by atoms with van der Waals surface area (Å²) in [5.74, 6) is -1.47. The zero-order valence-electron chi connectivity index (χ0n) is 63.4. The fraction of sp³-hybridized carbons (Fsp3) is 0.899. The van der Waals surface area contributed by atoms with E-state index in [0.29, 0.717) is 31.6 Å². The van der Waals surface area contributed by atoms with Crippen LogP contribution in [-0.4, -0.2) is 96.7 Å². The van der Waals surface area contributed by atoms with Gasteiger partial charge in [0.25, 0.3) is 0 Å². The van der Waals surface area contributed by atoms with Gasteiger partial charge < -0.3 is 33.8 Å². The molecule has 0 aliphatic carbocycles. The van der Waals surface area contributed by atoms with E-state index in [4.69, 9.17) is 37.0 Å². The lowest BCUT2D eigenvalue weighted by molar-refractivity contribution is -0.161. The number of phosphoric ester groups is 2. The van der Waals surface area contributed by atoms with E-state index in [1.54, 1.807) is 0 Å². The molecule has 5 atom stereocenters. The summed E-state index contributed by atoms with van der Waals surface area (Å²) in [5.41, 5.74) is 0. The van der Waals surface area contributed by atoms with Crippen molar-refractivity contribution in [3.63, 3.8) is 0 Å². The van der Waals surface area contributed by atoms with Gasteiger partial charge in [-0.15, -0.1) is 0 Å². The van der Waals surface area contributed by atoms with Gasteiger partial charge in [-0.3, -0.25) is 37.3 Å². The second-order valence-electron chi connectivity index (χ2n) is 28.2. The van der Waals surface area contributed by atoms with Gasteiger partial charge in [-0.05, 0) is 57.3 Å². The Kier molecular flexibility index (Phi) is 69.7. The molecule has 0 fully saturated rings. The maximum atomic E-state index is 13.1. The van der Waals surface area contributed by atoms with Crippen molar-refractivity contribution in [3.8, 4) is 0 Å². The predicted octanol–water partition coefficient (Wildman–Crippen LogP) is 23.2. The van der Waals surface area contributed by atoms with E-state index in [0.717, 1.165) is 116 Å². The number of aliphatic hydroxyl groups excluding tert-OH is 1. The molecule has 98 heavy (non-hydrogen) atoms. The molecule has 17 nitrogen and oxygen atoms in total. The Morgan fingerprint density at radius 2 is 0.551 bits per heavy atom. The molecular weight excluding hydrogens is 1280 g/mol. The van der Waals surface area contributed by atoms with Crippen molar-refractivity contribution in [1.29, 1.82) is 0 Å². The van der Waals surface area contributed by atoms with Crippen molar-refractivity contribution in [3.05, 3.63) is 24.3 Å². The Bertz CT molecular complexity index is 1970. The molecule has 0 rings (SSSR count). The summed E-state index contributed by atoms with van der Waals surface area (Å²) < 4.78 is 68.5. The number of aliphatic hydroxyl groups is 1. The summed E-state index contributed by atoms with van der Waals surface area (Å²) >= 11 is 0. The number of phosphoric acid groups is 2. The normalized spacial score (nSPS) is 14.1. The maximum Gasteiger partial charge on any atom is 0.472 e. The third-order valence-electron chi connectivity index (χ3n) is 17.9. The number of hydrogen-bond donors (Lipinski definition) is 3. The first-order valence-electron chi connectivity index (χ1n) is 40.5. The molecule has 0 aliphatic rings. The minimum atomic E-state index is -4.97. The van der Waals surface area contributed by atoms with E-state index >= 15 is 0 Å². The van der Waals surface area contributed by atoms with Crippen LogP contribution in [-0.2, 0) is 65.4 Å². The van der Waals surface area contributed by atoms with E-state index in [1.165, 1.54) is 193 Å². The van der Waals surface area contributed by atoms with Crippen LogP contribution < -0.4 is 0 Å². The number of hydrogen-bond acceptors (Lipinski definition) is 15. The molecule has 0 radical (unpaired) electrons. The summed E-state index contributed by atoms with van der Waals surface area (Å²) in [4.78, 5) is 72.8. The average Bonchev–Trinajstić information content (AvgIpc) is 1.10. The summed E-state index contributed by atoms with van der Waals surface area (Å²) in [6, 6.07) is 0. The second-order valence-corrected chi connectivity index (χ2v) is 31.2. The molecule has 0 heterocycles. The van der Waals surface area contributed by atoms with E-state index in [1.807, 2.05) is 0 Å². The predicted molar refractivity (Wildman–Crippen MR) is 400 cm³/mol. The van der Waals surface area contributed by atoms with Crippen molar-refractivity contribution in [1.82, 2.24) is 0 Å². The second kappa shape index (κ2) is 71.5. The van der Waals surface area contributed by atoms with Crippen molar-refractivity contribution in [2.75, 3.05) is 39.6 Å². The number of ether oxygens (including phenoxy) is 4. The van der Waals surface area contributed by atoms with E-state index in [9.17, 15) is 43.2 Å². The smallest absolute Gasteiger partial charge is 0.462 e. The third kappa shape index (κ3) is 71.9. The zero-order valence-corrected chi connectivity index (χ0v) is 65.2. The van der Waals surface area contributed by atoms with Crippen LogP contribution in [0.3, 0.4) is 0 Å². The molecule has 0 aromatic heterocycles. The zero-order chi connectivity index (χ0) is 71.9. The lowest BCUT2D eigenvalue weighted by Crippen LogP contribution is -2.30. The lowest BCUT2D eigenvalue weighted by atomic mass is 10.0. The molecule has 0 amide bonds. The molecule has 0 aromatic carbocycles. The molecule has 0 saturated heterocycles. The Morgan fingerprint density at radius 1 is 0.316 bits per heavy atom. The van der Waals surface area contributed by atoms with Crippen LogP contribution in [0.25, 0.3) is 0 Å². The fourth-order valence-corrected chi connectivity index (χ4v) is 13.3. The van der Waals surface area contributed by atoms with Crippen LogP contribution in [0.2, 0.25) is 0 Å². The SMILES string of the molecule is CCCCCC/C=C\C=C/CCCCCCCC(=O)OC[C@H](COP(=O)(O)OC[C@@H](O)COP(=O)(O)OC[C@@H](COC(=O)CCCCCCCCC(C)C)OC(=O)CCCCCCCCCCCCCCC)OC(=O)CCCCCCCCCCCCCCCCCCCCCCC. The number of unbranched alkanes of at least 4 members (excludes halogenated alkanes) is 46. The summed E-state index contributed by atoms with van der Waals surface area (Å²) in [5, 5.41) is 10.6. The molecular formula is C79H150O17P2. The van der Waals surface area contributed by atoms with Gasteiger partial charge in [-0.1, -0.05) is 341 Å². The summed E-state index contributed by atoms with van der Waals surface area (Å²) in [6.45, 7) is 7.16. The number of esters is 4. The maximum absolute atomic E-state index is 13.1. The van der Waals surface area contributed by atoms with Gasteiger partial charge in [-0.25, -0.2) is 9.13 Å². The summed E-state index contributed by atoms with van der Waals surface area (Å²) in [6.07, 6.45) is 64.9. The molecule has 3 N–H and O–H groups in total. The first-order chi connectivity index (χ1) is 47.5. The van der Waals surface area contributed by atoms with Gasteiger partial charge in [0.2, 0.25) is 0 Å². The molecule has 19 heteroatoms. The Labute approximate surface area is 599 Å². The first-order valence-corrected chi connectivity index (χ1v) is 43.4.